The van der Waals surface area contributed by atoms with E-state index < -0.39 is 10.0 Å². The maximum absolute atomic E-state index is 13.8. The van der Waals surface area contributed by atoms with Crippen molar-refractivity contribution in [3.8, 4) is 5.75 Å². The Balaban J connectivity index is 1.52. The molecule has 9 heteroatoms. The zero-order valence-corrected chi connectivity index (χ0v) is 23.2. The molecular weight excluding hydrogens is 502 g/mol. The molecule has 38 heavy (non-hydrogen) atoms. The second-order valence-corrected chi connectivity index (χ2v) is 12.1. The standard InChI is InChI=1S/C29H39N3O5S/c1-3-18-31(38(35,36)27-10-5-4-6-11-27)22-28(33)32(21-23-12-14-26(37-2)15-13-23)25-16-19-30(20-17-25)29(34)24-8-7-9-24/h4-6,10-15,24-25H,3,7-9,16-22H2,1-2H3. The molecule has 1 aliphatic heterocycles. The number of methoxy groups -OCH3 is 1. The molecule has 1 aliphatic carbocycles. The van der Waals surface area contributed by atoms with Gasteiger partial charge in [0.25, 0.3) is 0 Å². The number of carbonyl (C=O) groups is 2. The molecule has 0 radical (unpaired) electrons. The number of sulfonamides is 1. The minimum atomic E-state index is -3.81. The molecule has 2 aromatic carbocycles. The number of piperidine rings is 1. The van der Waals surface area contributed by atoms with Crippen molar-refractivity contribution in [2.24, 2.45) is 5.92 Å². The topological polar surface area (TPSA) is 87.2 Å². The first kappa shape index (κ1) is 28.1. The number of amides is 2. The number of benzene rings is 2. The van der Waals surface area contributed by atoms with Gasteiger partial charge in [0.1, 0.15) is 5.75 Å². The van der Waals surface area contributed by atoms with Gasteiger partial charge in [0, 0.05) is 38.1 Å². The molecule has 2 aliphatic rings. The zero-order chi connectivity index (χ0) is 27.1. The summed E-state index contributed by atoms with van der Waals surface area (Å²) in [6.45, 7) is 3.55. The highest BCUT2D eigenvalue weighted by molar-refractivity contribution is 7.89. The lowest BCUT2D eigenvalue weighted by Gasteiger charge is -2.41. The number of nitrogens with zero attached hydrogens (tertiary/aromatic N) is 3. The average Bonchev–Trinajstić information content (AvgIpc) is 2.91. The maximum atomic E-state index is 13.8. The lowest BCUT2D eigenvalue weighted by molar-refractivity contribution is -0.141. The molecular formula is C29H39N3O5S. The first-order chi connectivity index (χ1) is 18.3. The summed E-state index contributed by atoms with van der Waals surface area (Å²) in [7, 11) is -2.20. The summed E-state index contributed by atoms with van der Waals surface area (Å²) in [5.74, 6) is 0.912. The van der Waals surface area contributed by atoms with E-state index in [1.54, 1.807) is 37.4 Å². The van der Waals surface area contributed by atoms with Crippen molar-refractivity contribution in [1.82, 2.24) is 14.1 Å². The van der Waals surface area contributed by atoms with E-state index in [0.29, 0.717) is 38.9 Å². The summed E-state index contributed by atoms with van der Waals surface area (Å²) in [4.78, 5) is 30.5. The molecule has 2 amide bonds. The van der Waals surface area contributed by atoms with E-state index in [2.05, 4.69) is 0 Å². The number of hydrogen-bond donors (Lipinski definition) is 0. The van der Waals surface area contributed by atoms with Crippen molar-refractivity contribution < 1.29 is 22.7 Å². The minimum absolute atomic E-state index is 0.0713. The lowest BCUT2D eigenvalue weighted by atomic mass is 9.84. The molecule has 0 atom stereocenters. The van der Waals surface area contributed by atoms with Crippen molar-refractivity contribution >= 4 is 21.8 Å². The van der Waals surface area contributed by atoms with Crippen LogP contribution < -0.4 is 4.74 Å². The van der Waals surface area contributed by atoms with E-state index in [1.165, 1.54) is 4.31 Å². The molecule has 0 N–H and O–H groups in total. The van der Waals surface area contributed by atoms with Gasteiger partial charge in [0.15, 0.2) is 0 Å². The molecule has 2 fully saturated rings. The van der Waals surface area contributed by atoms with Crippen LogP contribution in [0.3, 0.4) is 0 Å². The third kappa shape index (κ3) is 6.56. The van der Waals surface area contributed by atoms with Gasteiger partial charge < -0.3 is 14.5 Å². The van der Waals surface area contributed by atoms with Crippen LogP contribution in [-0.4, -0.2) is 73.7 Å². The monoisotopic (exact) mass is 541 g/mol. The molecule has 1 heterocycles. The van der Waals surface area contributed by atoms with Crippen LogP contribution in [0.2, 0.25) is 0 Å². The van der Waals surface area contributed by atoms with Gasteiger partial charge in [0.05, 0.1) is 18.6 Å². The summed E-state index contributed by atoms with van der Waals surface area (Å²) in [6.07, 6.45) is 5.03. The molecule has 1 saturated heterocycles. The van der Waals surface area contributed by atoms with Crippen LogP contribution in [0.1, 0.15) is 51.0 Å². The summed E-state index contributed by atoms with van der Waals surface area (Å²) in [5, 5.41) is 0. The Morgan fingerprint density at radius 2 is 1.63 bits per heavy atom. The highest BCUT2D eigenvalue weighted by Crippen LogP contribution is 2.30. The fraction of sp³-hybridized carbons (Fsp3) is 0.517. The smallest absolute Gasteiger partial charge is 0.243 e. The quantitative estimate of drug-likeness (QED) is 0.431. The molecule has 0 spiro atoms. The second-order valence-electron chi connectivity index (χ2n) is 10.2. The van der Waals surface area contributed by atoms with Crippen LogP contribution in [0, 0.1) is 5.92 Å². The zero-order valence-electron chi connectivity index (χ0n) is 22.4. The molecule has 4 rings (SSSR count). The first-order valence-electron chi connectivity index (χ1n) is 13.6. The van der Waals surface area contributed by atoms with E-state index in [9.17, 15) is 18.0 Å². The summed E-state index contributed by atoms with van der Waals surface area (Å²) >= 11 is 0. The van der Waals surface area contributed by atoms with Crippen molar-refractivity contribution in [1.29, 1.82) is 0 Å². The van der Waals surface area contributed by atoms with E-state index >= 15 is 0 Å². The Kier molecular flexibility index (Phi) is 9.44. The van der Waals surface area contributed by atoms with Crippen molar-refractivity contribution in [3.05, 3.63) is 60.2 Å². The van der Waals surface area contributed by atoms with Gasteiger partial charge in [-0.05, 0) is 61.9 Å². The van der Waals surface area contributed by atoms with Crippen LogP contribution in [0.4, 0.5) is 0 Å². The normalized spacial score (nSPS) is 16.8. The number of ether oxygens (including phenoxy) is 1. The second kappa shape index (κ2) is 12.8. The molecule has 0 aromatic heterocycles. The van der Waals surface area contributed by atoms with Crippen LogP contribution in [-0.2, 0) is 26.2 Å². The van der Waals surface area contributed by atoms with Gasteiger partial charge >= 0.3 is 0 Å². The number of rotatable bonds is 11. The molecule has 1 saturated carbocycles. The molecule has 0 bridgehead atoms. The molecule has 2 aromatic rings. The number of hydrogen-bond acceptors (Lipinski definition) is 5. The fourth-order valence-electron chi connectivity index (χ4n) is 5.18. The number of carbonyl (C=O) groups excluding carboxylic acids is 2. The van der Waals surface area contributed by atoms with Crippen LogP contribution in [0.5, 0.6) is 5.75 Å². The lowest BCUT2D eigenvalue weighted by Crippen LogP contribution is -2.52. The Morgan fingerprint density at radius 3 is 2.18 bits per heavy atom. The highest BCUT2D eigenvalue weighted by Gasteiger charge is 2.35. The number of likely N-dealkylation sites (tertiary alicyclic amines) is 1. The van der Waals surface area contributed by atoms with Crippen LogP contribution >= 0.6 is 0 Å². The van der Waals surface area contributed by atoms with Gasteiger partial charge in [-0.25, -0.2) is 8.42 Å². The molecule has 206 valence electrons. The summed E-state index contributed by atoms with van der Waals surface area (Å²) in [6, 6.07) is 15.8. The van der Waals surface area contributed by atoms with E-state index in [1.807, 2.05) is 41.0 Å². The highest BCUT2D eigenvalue weighted by atomic mass is 32.2. The van der Waals surface area contributed by atoms with Gasteiger partial charge in [0.2, 0.25) is 21.8 Å². The SMILES string of the molecule is CCCN(CC(=O)N(Cc1ccc(OC)cc1)C1CCN(C(=O)C2CCC2)CC1)S(=O)(=O)c1ccccc1. The largest absolute Gasteiger partial charge is 0.497 e. The molecule has 0 unspecified atom stereocenters. The predicted molar refractivity (Wildman–Crippen MR) is 146 cm³/mol. The van der Waals surface area contributed by atoms with Crippen molar-refractivity contribution in [2.75, 3.05) is 33.3 Å². The Morgan fingerprint density at radius 1 is 0.974 bits per heavy atom. The van der Waals surface area contributed by atoms with E-state index in [0.717, 1.165) is 30.6 Å². The van der Waals surface area contributed by atoms with Crippen LogP contribution in [0.25, 0.3) is 0 Å². The average molecular weight is 542 g/mol. The molecule has 8 nitrogen and oxygen atoms in total. The Bertz CT molecular complexity index is 1170. The Hall–Kier alpha value is -2.91. The van der Waals surface area contributed by atoms with Gasteiger partial charge in [-0.2, -0.15) is 4.31 Å². The first-order valence-corrected chi connectivity index (χ1v) is 15.0. The van der Waals surface area contributed by atoms with Crippen LogP contribution in [0.15, 0.2) is 59.5 Å². The summed E-state index contributed by atoms with van der Waals surface area (Å²) in [5.41, 5.74) is 0.945. The Labute approximate surface area is 226 Å². The van der Waals surface area contributed by atoms with E-state index in [-0.39, 0.29) is 41.8 Å². The van der Waals surface area contributed by atoms with E-state index in [4.69, 9.17) is 4.74 Å². The van der Waals surface area contributed by atoms with Gasteiger partial charge in [-0.3, -0.25) is 9.59 Å². The van der Waals surface area contributed by atoms with Gasteiger partial charge in [-0.15, -0.1) is 0 Å². The van der Waals surface area contributed by atoms with Crippen molar-refractivity contribution in [3.63, 3.8) is 0 Å². The predicted octanol–water partition coefficient (Wildman–Crippen LogP) is 3.92. The third-order valence-corrected chi connectivity index (χ3v) is 9.53. The fourth-order valence-corrected chi connectivity index (χ4v) is 6.68. The third-order valence-electron chi connectivity index (χ3n) is 7.67. The summed E-state index contributed by atoms with van der Waals surface area (Å²) < 4.78 is 33.4. The maximum Gasteiger partial charge on any atom is 0.243 e. The minimum Gasteiger partial charge on any atom is -0.497 e. The van der Waals surface area contributed by atoms with Crippen molar-refractivity contribution in [2.45, 2.75) is 62.9 Å². The van der Waals surface area contributed by atoms with Gasteiger partial charge in [-0.1, -0.05) is 43.7 Å².